The van der Waals surface area contributed by atoms with Gasteiger partial charge in [0.05, 0.1) is 5.69 Å². The molecule has 1 aromatic rings. The Kier molecular flexibility index (Phi) is 2.80. The summed E-state index contributed by atoms with van der Waals surface area (Å²) in [4.78, 5) is 17.9. The van der Waals surface area contributed by atoms with E-state index in [9.17, 15) is 4.79 Å². The lowest BCUT2D eigenvalue weighted by Crippen LogP contribution is -2.10. The van der Waals surface area contributed by atoms with Crippen molar-refractivity contribution in [3.8, 4) is 0 Å². The predicted molar refractivity (Wildman–Crippen MR) is 74.4 cm³/mol. The number of nitrogens with zero attached hydrogens (tertiary/aromatic N) is 1. The topological polar surface area (TPSA) is 55.5 Å². The fourth-order valence-electron chi connectivity index (χ4n) is 2.01. The Morgan fingerprint density at radius 2 is 2.28 bits per heavy atom. The zero-order valence-corrected chi connectivity index (χ0v) is 10.5. The molecular weight excluding hydrogens is 244 g/mol. The molecule has 0 unspecified atom stereocenters. The Morgan fingerprint density at radius 3 is 3.11 bits per heavy atom. The van der Waals surface area contributed by atoms with Gasteiger partial charge in [-0.25, -0.2) is 0 Å². The van der Waals surface area contributed by atoms with Crippen LogP contribution in [-0.2, 0) is 0 Å². The van der Waals surface area contributed by atoms with Gasteiger partial charge in [0, 0.05) is 21.6 Å². The summed E-state index contributed by atoms with van der Waals surface area (Å²) >= 11 is 1.70. The number of carbonyl (C=O) groups excluding carboxylic acids is 1. The third-order valence-corrected chi connectivity index (χ3v) is 4.17. The summed E-state index contributed by atoms with van der Waals surface area (Å²) in [5, 5.41) is 0. The fraction of sp³-hybridized carbons (Fsp3) is 0.143. The molecule has 0 saturated carbocycles. The van der Waals surface area contributed by atoms with Crippen molar-refractivity contribution in [1.82, 2.24) is 0 Å². The van der Waals surface area contributed by atoms with Gasteiger partial charge < -0.3 is 5.73 Å². The predicted octanol–water partition coefficient (Wildman–Crippen LogP) is 3.20. The number of thioether (sulfide) groups is 1. The van der Waals surface area contributed by atoms with Gasteiger partial charge in [0.15, 0.2) is 0 Å². The normalized spacial score (nSPS) is 17.1. The van der Waals surface area contributed by atoms with Crippen molar-refractivity contribution in [3.05, 3.63) is 46.4 Å². The second kappa shape index (κ2) is 4.46. The first-order chi connectivity index (χ1) is 8.74. The van der Waals surface area contributed by atoms with E-state index >= 15 is 0 Å². The highest BCUT2D eigenvalue weighted by Gasteiger charge is 2.15. The fourth-order valence-corrected chi connectivity index (χ4v) is 3.05. The van der Waals surface area contributed by atoms with Crippen molar-refractivity contribution < 1.29 is 4.79 Å². The standard InChI is InChI=1S/C14H12N2OS/c15-14(17)9-5-6-13-11(7-9)16-8-10-3-1-2-4-12(10)18-13/h2,4-8H,1,3H2,(H2,15,17). The third kappa shape index (κ3) is 1.99. The highest BCUT2D eigenvalue weighted by atomic mass is 32.2. The summed E-state index contributed by atoms with van der Waals surface area (Å²) < 4.78 is 0. The summed E-state index contributed by atoms with van der Waals surface area (Å²) in [6.45, 7) is 0. The van der Waals surface area contributed by atoms with Crippen LogP contribution in [0.4, 0.5) is 5.69 Å². The molecule has 1 aliphatic heterocycles. The Balaban J connectivity index is 2.05. The van der Waals surface area contributed by atoms with E-state index in [1.807, 2.05) is 12.3 Å². The van der Waals surface area contributed by atoms with Crippen molar-refractivity contribution in [2.75, 3.05) is 0 Å². The average molecular weight is 256 g/mol. The molecule has 0 bridgehead atoms. The minimum Gasteiger partial charge on any atom is -0.366 e. The van der Waals surface area contributed by atoms with Crippen LogP contribution in [0, 0.1) is 0 Å². The van der Waals surface area contributed by atoms with Crippen LogP contribution < -0.4 is 5.73 Å². The molecule has 4 heteroatoms. The van der Waals surface area contributed by atoms with E-state index in [1.54, 1.807) is 23.9 Å². The van der Waals surface area contributed by atoms with Crippen LogP contribution in [0.2, 0.25) is 0 Å². The number of primary amides is 1. The van der Waals surface area contributed by atoms with E-state index < -0.39 is 5.91 Å². The number of hydrogen-bond donors (Lipinski definition) is 1. The Bertz CT molecular complexity index is 614. The quantitative estimate of drug-likeness (QED) is 0.838. The summed E-state index contributed by atoms with van der Waals surface area (Å²) in [6.07, 6.45) is 8.32. The lowest BCUT2D eigenvalue weighted by atomic mass is 10.1. The molecule has 0 saturated heterocycles. The Morgan fingerprint density at radius 1 is 1.39 bits per heavy atom. The van der Waals surface area contributed by atoms with Crippen LogP contribution in [0.3, 0.4) is 0 Å². The van der Waals surface area contributed by atoms with Gasteiger partial charge in [-0.1, -0.05) is 23.9 Å². The van der Waals surface area contributed by atoms with Gasteiger partial charge in [-0.15, -0.1) is 0 Å². The second-order valence-corrected chi connectivity index (χ2v) is 5.32. The average Bonchev–Trinajstić information content (AvgIpc) is 2.56. The molecular formula is C14H12N2OS. The van der Waals surface area contributed by atoms with Crippen LogP contribution in [0.5, 0.6) is 0 Å². The van der Waals surface area contributed by atoms with Gasteiger partial charge in [0.25, 0.3) is 0 Å². The van der Waals surface area contributed by atoms with Crippen molar-refractivity contribution >= 4 is 29.6 Å². The first-order valence-electron chi connectivity index (χ1n) is 5.79. The molecule has 1 amide bonds. The van der Waals surface area contributed by atoms with Crippen molar-refractivity contribution in [3.63, 3.8) is 0 Å². The zero-order valence-electron chi connectivity index (χ0n) is 9.72. The number of hydrogen-bond acceptors (Lipinski definition) is 3. The van der Waals surface area contributed by atoms with Crippen LogP contribution in [-0.4, -0.2) is 12.1 Å². The largest absolute Gasteiger partial charge is 0.366 e. The first kappa shape index (κ1) is 11.3. The summed E-state index contributed by atoms with van der Waals surface area (Å²) in [6, 6.07) is 5.42. The molecule has 0 spiro atoms. The van der Waals surface area contributed by atoms with Crippen molar-refractivity contribution in [2.45, 2.75) is 17.7 Å². The van der Waals surface area contributed by atoms with E-state index in [2.05, 4.69) is 17.1 Å². The van der Waals surface area contributed by atoms with Crippen LogP contribution in [0.1, 0.15) is 23.2 Å². The highest BCUT2D eigenvalue weighted by Crippen LogP contribution is 2.41. The van der Waals surface area contributed by atoms with E-state index in [-0.39, 0.29) is 0 Å². The smallest absolute Gasteiger partial charge is 0.248 e. The molecule has 0 atom stereocenters. The lowest BCUT2D eigenvalue weighted by Gasteiger charge is -2.10. The Labute approximate surface area is 109 Å². The molecule has 18 heavy (non-hydrogen) atoms. The van der Waals surface area contributed by atoms with Gasteiger partial charge in [-0.3, -0.25) is 9.79 Å². The molecule has 1 heterocycles. The molecule has 0 radical (unpaired) electrons. The van der Waals surface area contributed by atoms with E-state index in [1.165, 1.54) is 10.5 Å². The van der Waals surface area contributed by atoms with E-state index in [0.29, 0.717) is 5.56 Å². The minimum atomic E-state index is -0.417. The number of rotatable bonds is 1. The minimum absolute atomic E-state index is 0.417. The molecule has 2 aliphatic rings. The third-order valence-electron chi connectivity index (χ3n) is 2.99. The molecule has 0 aromatic heterocycles. The number of benzene rings is 1. The van der Waals surface area contributed by atoms with Crippen LogP contribution in [0.15, 0.2) is 50.7 Å². The maximum absolute atomic E-state index is 11.2. The van der Waals surface area contributed by atoms with Crippen LogP contribution >= 0.6 is 11.8 Å². The molecule has 3 nitrogen and oxygen atoms in total. The molecule has 2 N–H and O–H groups in total. The van der Waals surface area contributed by atoms with Crippen molar-refractivity contribution in [1.29, 1.82) is 0 Å². The van der Waals surface area contributed by atoms with Gasteiger partial charge in [-0.05, 0) is 36.6 Å². The van der Waals surface area contributed by atoms with Gasteiger partial charge >= 0.3 is 0 Å². The lowest BCUT2D eigenvalue weighted by molar-refractivity contribution is 0.100. The summed E-state index contributed by atoms with van der Waals surface area (Å²) in [5.41, 5.74) is 7.87. The van der Waals surface area contributed by atoms with Gasteiger partial charge in [0.2, 0.25) is 5.91 Å². The Hall–Kier alpha value is -1.81. The monoisotopic (exact) mass is 256 g/mol. The number of fused-ring (bicyclic) bond motifs is 1. The maximum atomic E-state index is 11.2. The van der Waals surface area contributed by atoms with Crippen molar-refractivity contribution in [2.24, 2.45) is 10.7 Å². The van der Waals surface area contributed by atoms with Crippen LogP contribution in [0.25, 0.3) is 0 Å². The molecule has 0 fully saturated rings. The maximum Gasteiger partial charge on any atom is 0.248 e. The molecule has 3 rings (SSSR count). The number of nitrogens with two attached hydrogens (primary N) is 1. The summed E-state index contributed by atoms with van der Waals surface area (Å²) in [5.74, 6) is -0.417. The SMILES string of the molecule is NC(=O)c1ccc2c(c1)N=CC1=C(C=CCC1)S2. The van der Waals surface area contributed by atoms with E-state index in [0.717, 1.165) is 23.4 Å². The number of carbonyl (C=O) groups is 1. The number of allylic oxidation sites excluding steroid dienone is 3. The van der Waals surface area contributed by atoms with Gasteiger partial charge in [-0.2, -0.15) is 0 Å². The summed E-state index contributed by atoms with van der Waals surface area (Å²) in [7, 11) is 0. The molecule has 1 aliphatic carbocycles. The highest BCUT2D eigenvalue weighted by molar-refractivity contribution is 8.03. The van der Waals surface area contributed by atoms with E-state index in [4.69, 9.17) is 5.73 Å². The number of amides is 1. The van der Waals surface area contributed by atoms with Gasteiger partial charge in [0.1, 0.15) is 0 Å². The zero-order chi connectivity index (χ0) is 12.5. The molecule has 90 valence electrons. The first-order valence-corrected chi connectivity index (χ1v) is 6.61. The number of aliphatic imine (C=N–C) groups is 1. The molecule has 1 aromatic carbocycles. The second-order valence-electron chi connectivity index (χ2n) is 4.24.